The number of nitrogen functional groups attached to an aromatic ring is 2. The molecule has 0 aromatic heterocycles. The van der Waals surface area contributed by atoms with E-state index in [0.717, 1.165) is 0 Å². The number of hydrogen-bond acceptors (Lipinski definition) is 8. The van der Waals surface area contributed by atoms with E-state index in [-0.39, 0.29) is 35.0 Å². The lowest BCUT2D eigenvalue weighted by molar-refractivity contribution is -0.153. The number of hydrogen-bond donors (Lipinski definition) is 2. The molecular weight excluding hydrogens is 505 g/mol. The molecule has 0 spiro atoms. The first-order valence-corrected chi connectivity index (χ1v) is 11.2. The summed E-state index contributed by atoms with van der Waals surface area (Å²) < 4.78 is 57.6. The minimum absolute atomic E-state index is 0.0361. The number of anilines is 2. The molecule has 0 bridgehead atoms. The molecule has 8 nitrogen and oxygen atoms in total. The van der Waals surface area contributed by atoms with Gasteiger partial charge in [0, 0.05) is 11.4 Å². The Hall–Kier alpha value is -4.67. The van der Waals surface area contributed by atoms with Gasteiger partial charge < -0.3 is 30.4 Å². The number of halogens is 3. The summed E-state index contributed by atoms with van der Waals surface area (Å²) in [6, 6.07) is 14.7. The fraction of sp³-hybridized carbons (Fsp3) is 0.185. The summed E-state index contributed by atoms with van der Waals surface area (Å²) in [7, 11) is 1.24. The second-order valence-electron chi connectivity index (χ2n) is 7.89. The standard InChI is InChI=1S/C27H25F3N2O6/c1-3-36-26(34)22(18-11-19(31)14-20(32)12-18)10-16-4-7-21(8-5-16)38-25(33)17-6-9-23(24(13-17)35-2)37-15-27(28,29)30/h4-14H,3,15,31-32H2,1-2H3. The van der Waals surface area contributed by atoms with Crippen LogP contribution in [0.2, 0.25) is 0 Å². The van der Waals surface area contributed by atoms with Crippen LogP contribution in [0.5, 0.6) is 17.2 Å². The predicted octanol–water partition coefficient (Wildman–Crippen LogP) is 5.12. The van der Waals surface area contributed by atoms with Crippen molar-refractivity contribution in [2.45, 2.75) is 13.1 Å². The lowest BCUT2D eigenvalue weighted by Crippen LogP contribution is -2.19. The second kappa shape index (κ2) is 12.0. The smallest absolute Gasteiger partial charge is 0.422 e. The number of methoxy groups -OCH3 is 1. The molecule has 38 heavy (non-hydrogen) atoms. The highest BCUT2D eigenvalue weighted by atomic mass is 19.4. The highest BCUT2D eigenvalue weighted by Crippen LogP contribution is 2.31. The Labute approximate surface area is 216 Å². The Kier molecular flexibility index (Phi) is 8.85. The molecule has 0 fully saturated rings. The van der Waals surface area contributed by atoms with Gasteiger partial charge >= 0.3 is 18.1 Å². The maximum Gasteiger partial charge on any atom is 0.422 e. The molecule has 0 radical (unpaired) electrons. The van der Waals surface area contributed by atoms with E-state index in [0.29, 0.717) is 22.5 Å². The summed E-state index contributed by atoms with van der Waals surface area (Å²) in [5.41, 5.74) is 13.9. The molecule has 0 heterocycles. The molecule has 3 aromatic carbocycles. The lowest BCUT2D eigenvalue weighted by Gasteiger charge is -2.13. The molecule has 200 valence electrons. The van der Waals surface area contributed by atoms with E-state index in [9.17, 15) is 22.8 Å². The van der Waals surface area contributed by atoms with Gasteiger partial charge in [0.1, 0.15) is 5.75 Å². The maximum absolute atomic E-state index is 12.6. The molecule has 0 amide bonds. The summed E-state index contributed by atoms with van der Waals surface area (Å²) in [4.78, 5) is 25.2. The van der Waals surface area contributed by atoms with E-state index in [4.69, 9.17) is 30.4 Å². The summed E-state index contributed by atoms with van der Waals surface area (Å²) in [6.45, 7) is 0.352. The number of benzene rings is 3. The van der Waals surface area contributed by atoms with Crippen molar-refractivity contribution >= 4 is 35.0 Å². The third kappa shape index (κ3) is 7.66. The number of carbonyl (C=O) groups is 2. The molecule has 3 rings (SSSR count). The topological polar surface area (TPSA) is 123 Å². The van der Waals surface area contributed by atoms with Crippen LogP contribution < -0.4 is 25.7 Å². The summed E-state index contributed by atoms with van der Waals surface area (Å²) >= 11 is 0. The molecule has 4 N–H and O–H groups in total. The maximum atomic E-state index is 12.6. The number of alkyl halides is 3. The number of carbonyl (C=O) groups excluding carboxylic acids is 2. The van der Waals surface area contributed by atoms with Crippen molar-refractivity contribution in [3.8, 4) is 17.2 Å². The van der Waals surface area contributed by atoms with Gasteiger partial charge in [0.2, 0.25) is 0 Å². The Bertz CT molecular complexity index is 1320. The Morgan fingerprint density at radius 1 is 0.895 bits per heavy atom. The number of nitrogens with two attached hydrogens (primary N) is 2. The van der Waals surface area contributed by atoms with Crippen molar-refractivity contribution in [1.82, 2.24) is 0 Å². The molecule has 0 atom stereocenters. The highest BCUT2D eigenvalue weighted by Gasteiger charge is 2.29. The molecule has 0 aliphatic heterocycles. The first-order chi connectivity index (χ1) is 18.0. The number of ether oxygens (including phenoxy) is 4. The molecule has 0 saturated carbocycles. The zero-order valence-electron chi connectivity index (χ0n) is 20.5. The average Bonchev–Trinajstić information content (AvgIpc) is 2.85. The zero-order valence-corrected chi connectivity index (χ0v) is 20.5. The Morgan fingerprint density at radius 2 is 1.55 bits per heavy atom. The van der Waals surface area contributed by atoms with Crippen LogP contribution in [0.4, 0.5) is 24.5 Å². The minimum Gasteiger partial charge on any atom is -0.493 e. The monoisotopic (exact) mass is 530 g/mol. The fourth-order valence-electron chi connectivity index (χ4n) is 3.34. The van der Waals surface area contributed by atoms with E-state index < -0.39 is 24.7 Å². The normalized spacial score (nSPS) is 11.6. The van der Waals surface area contributed by atoms with Crippen LogP contribution >= 0.6 is 0 Å². The van der Waals surface area contributed by atoms with Crippen LogP contribution in [-0.2, 0) is 9.53 Å². The average molecular weight is 530 g/mol. The number of esters is 2. The minimum atomic E-state index is -4.52. The van der Waals surface area contributed by atoms with E-state index in [1.165, 1.54) is 37.4 Å². The van der Waals surface area contributed by atoms with Gasteiger partial charge in [0.05, 0.1) is 24.9 Å². The van der Waals surface area contributed by atoms with Crippen molar-refractivity contribution in [3.05, 3.63) is 77.4 Å². The van der Waals surface area contributed by atoms with Crippen LogP contribution in [0.1, 0.15) is 28.4 Å². The van der Waals surface area contributed by atoms with Gasteiger partial charge in [-0.1, -0.05) is 12.1 Å². The summed E-state index contributed by atoms with van der Waals surface area (Å²) in [6.07, 6.45) is -2.94. The SMILES string of the molecule is CCOC(=O)C(=Cc1ccc(OC(=O)c2ccc(OCC(F)(F)F)c(OC)c2)cc1)c1cc(N)cc(N)c1. The van der Waals surface area contributed by atoms with E-state index >= 15 is 0 Å². The van der Waals surface area contributed by atoms with Crippen LogP contribution in [-0.4, -0.2) is 38.4 Å². The van der Waals surface area contributed by atoms with Gasteiger partial charge in [0.15, 0.2) is 18.1 Å². The molecule has 0 aliphatic rings. The van der Waals surface area contributed by atoms with E-state index in [1.54, 1.807) is 43.3 Å². The third-order valence-electron chi connectivity index (χ3n) is 4.98. The molecular formula is C27H25F3N2O6. The molecule has 3 aromatic rings. The molecule has 0 aliphatic carbocycles. The largest absolute Gasteiger partial charge is 0.493 e. The second-order valence-corrected chi connectivity index (χ2v) is 7.89. The Balaban J connectivity index is 1.79. The molecule has 0 saturated heterocycles. The molecule has 11 heteroatoms. The predicted molar refractivity (Wildman–Crippen MR) is 136 cm³/mol. The van der Waals surface area contributed by atoms with Crippen LogP contribution in [0, 0.1) is 0 Å². The van der Waals surface area contributed by atoms with Gasteiger partial charge in [-0.2, -0.15) is 13.2 Å². The van der Waals surface area contributed by atoms with Crippen molar-refractivity contribution in [2.75, 3.05) is 31.8 Å². The van der Waals surface area contributed by atoms with E-state index in [2.05, 4.69) is 0 Å². The van der Waals surface area contributed by atoms with Gasteiger partial charge in [-0.25, -0.2) is 9.59 Å². The van der Waals surface area contributed by atoms with Crippen LogP contribution in [0.25, 0.3) is 11.6 Å². The van der Waals surface area contributed by atoms with Crippen LogP contribution in [0.15, 0.2) is 60.7 Å². The van der Waals surface area contributed by atoms with Crippen molar-refractivity contribution in [1.29, 1.82) is 0 Å². The van der Waals surface area contributed by atoms with Crippen molar-refractivity contribution < 1.29 is 41.7 Å². The van der Waals surface area contributed by atoms with Gasteiger partial charge in [0.25, 0.3) is 0 Å². The molecule has 0 unspecified atom stereocenters. The summed E-state index contributed by atoms with van der Waals surface area (Å²) in [5, 5.41) is 0. The quantitative estimate of drug-likeness (QED) is 0.128. The van der Waals surface area contributed by atoms with Crippen LogP contribution in [0.3, 0.4) is 0 Å². The van der Waals surface area contributed by atoms with Crippen molar-refractivity contribution in [2.24, 2.45) is 0 Å². The first kappa shape index (κ1) is 27.9. The lowest BCUT2D eigenvalue weighted by atomic mass is 10.0. The Morgan fingerprint density at radius 3 is 2.13 bits per heavy atom. The number of rotatable bonds is 9. The fourth-order valence-corrected chi connectivity index (χ4v) is 3.34. The van der Waals surface area contributed by atoms with Gasteiger partial charge in [-0.15, -0.1) is 0 Å². The van der Waals surface area contributed by atoms with E-state index in [1.807, 2.05) is 0 Å². The summed E-state index contributed by atoms with van der Waals surface area (Å²) in [5.74, 6) is -1.37. The van der Waals surface area contributed by atoms with Gasteiger partial charge in [-0.3, -0.25) is 0 Å². The first-order valence-electron chi connectivity index (χ1n) is 11.2. The van der Waals surface area contributed by atoms with Crippen molar-refractivity contribution in [3.63, 3.8) is 0 Å². The third-order valence-corrected chi connectivity index (χ3v) is 4.98. The zero-order chi connectivity index (χ0) is 27.9. The highest BCUT2D eigenvalue weighted by molar-refractivity contribution is 6.22. The van der Waals surface area contributed by atoms with Gasteiger partial charge in [-0.05, 0) is 72.7 Å².